The van der Waals surface area contributed by atoms with Crippen LogP contribution in [0.15, 0.2) is 53.3 Å². The number of aromatic amines is 1. The van der Waals surface area contributed by atoms with Crippen molar-refractivity contribution in [2.24, 2.45) is 0 Å². The van der Waals surface area contributed by atoms with Crippen LogP contribution in [-0.4, -0.2) is 35.0 Å². The number of amides is 1. The number of H-pyrrole nitrogens is 1. The predicted octanol–water partition coefficient (Wildman–Crippen LogP) is 2.85. The molecule has 1 heterocycles. The number of rotatable bonds is 10. The third-order valence-electron chi connectivity index (χ3n) is 4.91. The lowest BCUT2D eigenvalue weighted by molar-refractivity contribution is -0.144. The van der Waals surface area contributed by atoms with E-state index in [-0.39, 0.29) is 37.0 Å². The van der Waals surface area contributed by atoms with Crippen molar-refractivity contribution in [2.45, 2.75) is 39.0 Å². The van der Waals surface area contributed by atoms with Gasteiger partial charge in [0.15, 0.2) is 0 Å². The Morgan fingerprint density at radius 3 is 2.61 bits per heavy atom. The second kappa shape index (κ2) is 11.1. The van der Waals surface area contributed by atoms with Crippen LogP contribution in [0.5, 0.6) is 0 Å². The molecule has 0 aliphatic carbocycles. The van der Waals surface area contributed by atoms with Crippen LogP contribution >= 0.6 is 0 Å². The van der Waals surface area contributed by atoms with Crippen LogP contribution in [0, 0.1) is 6.92 Å². The van der Waals surface area contributed by atoms with Crippen molar-refractivity contribution in [1.29, 1.82) is 0 Å². The molecule has 0 spiro atoms. The number of hydrogen-bond acceptors (Lipinski definition) is 5. The first kappa shape index (κ1) is 22.2. The Morgan fingerprint density at radius 2 is 1.81 bits per heavy atom. The molecule has 2 N–H and O–H groups in total. The van der Waals surface area contributed by atoms with Gasteiger partial charge < -0.3 is 15.0 Å². The quantitative estimate of drug-likeness (QED) is 0.387. The van der Waals surface area contributed by atoms with Gasteiger partial charge in [-0.25, -0.2) is 4.98 Å². The van der Waals surface area contributed by atoms with E-state index in [1.165, 1.54) is 5.56 Å². The molecule has 0 saturated heterocycles. The van der Waals surface area contributed by atoms with Gasteiger partial charge in [-0.2, -0.15) is 0 Å². The van der Waals surface area contributed by atoms with E-state index < -0.39 is 0 Å². The number of fused-ring (bicyclic) bond motifs is 1. The third-order valence-corrected chi connectivity index (χ3v) is 4.91. The van der Waals surface area contributed by atoms with Gasteiger partial charge in [0.1, 0.15) is 12.4 Å². The summed E-state index contributed by atoms with van der Waals surface area (Å²) in [6.07, 6.45) is 2.29. The summed E-state index contributed by atoms with van der Waals surface area (Å²) in [4.78, 5) is 43.0. The predicted molar refractivity (Wildman–Crippen MR) is 119 cm³/mol. The van der Waals surface area contributed by atoms with Crippen molar-refractivity contribution in [1.82, 2.24) is 15.3 Å². The van der Waals surface area contributed by atoms with Gasteiger partial charge in [-0.1, -0.05) is 42.0 Å². The number of carbonyl (C=O) groups is 2. The minimum Gasteiger partial charge on any atom is -0.464 e. The van der Waals surface area contributed by atoms with E-state index in [1.807, 2.05) is 37.3 Å². The zero-order valence-corrected chi connectivity index (χ0v) is 17.6. The van der Waals surface area contributed by atoms with Crippen LogP contribution in [0.3, 0.4) is 0 Å². The Morgan fingerprint density at radius 1 is 1.03 bits per heavy atom. The molecule has 31 heavy (non-hydrogen) atoms. The van der Waals surface area contributed by atoms with E-state index in [1.54, 1.807) is 18.2 Å². The van der Waals surface area contributed by atoms with Gasteiger partial charge in [-0.3, -0.25) is 14.4 Å². The average Bonchev–Trinajstić information content (AvgIpc) is 2.76. The van der Waals surface area contributed by atoms with E-state index >= 15 is 0 Å². The number of hydrogen-bond donors (Lipinski definition) is 2. The molecule has 2 aromatic carbocycles. The molecule has 3 aromatic rings. The number of nitrogens with zero attached hydrogens (tertiary/aromatic N) is 1. The molecule has 3 rings (SSSR count). The molecule has 7 heteroatoms. The van der Waals surface area contributed by atoms with Crippen LogP contribution in [0.1, 0.15) is 36.2 Å². The van der Waals surface area contributed by atoms with Gasteiger partial charge in [0, 0.05) is 19.3 Å². The van der Waals surface area contributed by atoms with Gasteiger partial charge in [0.2, 0.25) is 5.91 Å². The summed E-state index contributed by atoms with van der Waals surface area (Å²) < 4.78 is 5.15. The normalized spacial score (nSPS) is 10.7. The van der Waals surface area contributed by atoms with Crippen LogP contribution < -0.4 is 10.9 Å². The standard InChI is InChI=1S/C24H27N3O4/c1-17-9-11-18(12-10-17)13-14-22(28)25-15-16-31-23(29)8-4-7-21-26-20-6-3-2-5-19(20)24(30)27-21/h2-3,5-6,9-12H,4,7-8,13-16H2,1H3,(H,25,28)(H,26,27,30). The lowest BCUT2D eigenvalue weighted by Crippen LogP contribution is -2.28. The number of benzene rings is 2. The molecular formula is C24H27N3O4. The number of para-hydroxylation sites is 1. The first-order valence-corrected chi connectivity index (χ1v) is 10.5. The van der Waals surface area contributed by atoms with Crippen molar-refractivity contribution < 1.29 is 14.3 Å². The highest BCUT2D eigenvalue weighted by atomic mass is 16.5. The van der Waals surface area contributed by atoms with Gasteiger partial charge in [-0.05, 0) is 37.5 Å². The molecule has 0 radical (unpaired) electrons. The Bertz CT molecular complexity index is 1090. The van der Waals surface area contributed by atoms with Gasteiger partial charge >= 0.3 is 5.97 Å². The lowest BCUT2D eigenvalue weighted by Gasteiger charge is -2.07. The Balaban J connectivity index is 1.29. The van der Waals surface area contributed by atoms with E-state index in [2.05, 4.69) is 15.3 Å². The van der Waals surface area contributed by atoms with Crippen molar-refractivity contribution in [2.75, 3.05) is 13.2 Å². The van der Waals surface area contributed by atoms with E-state index in [0.29, 0.717) is 42.4 Å². The van der Waals surface area contributed by atoms with Gasteiger partial charge in [0.25, 0.3) is 5.56 Å². The molecule has 7 nitrogen and oxygen atoms in total. The minimum absolute atomic E-state index is 0.0667. The summed E-state index contributed by atoms with van der Waals surface area (Å²) in [6.45, 7) is 2.46. The first-order valence-electron chi connectivity index (χ1n) is 10.5. The number of aromatic nitrogens is 2. The smallest absolute Gasteiger partial charge is 0.305 e. The summed E-state index contributed by atoms with van der Waals surface area (Å²) in [5.41, 5.74) is 2.77. The monoisotopic (exact) mass is 421 g/mol. The van der Waals surface area contributed by atoms with Gasteiger partial charge in [-0.15, -0.1) is 0 Å². The summed E-state index contributed by atoms with van der Waals surface area (Å²) in [5, 5.41) is 3.31. The minimum atomic E-state index is -0.336. The molecule has 0 bridgehead atoms. The molecule has 0 aliphatic rings. The molecular weight excluding hydrogens is 394 g/mol. The number of nitrogens with one attached hydrogen (secondary N) is 2. The van der Waals surface area contributed by atoms with E-state index in [9.17, 15) is 14.4 Å². The number of esters is 1. The van der Waals surface area contributed by atoms with Crippen molar-refractivity contribution in [3.63, 3.8) is 0 Å². The average molecular weight is 421 g/mol. The largest absolute Gasteiger partial charge is 0.464 e. The maximum Gasteiger partial charge on any atom is 0.305 e. The van der Waals surface area contributed by atoms with Crippen molar-refractivity contribution >= 4 is 22.8 Å². The topological polar surface area (TPSA) is 101 Å². The third kappa shape index (κ3) is 7.06. The van der Waals surface area contributed by atoms with Gasteiger partial charge in [0.05, 0.1) is 17.4 Å². The molecule has 0 aliphatic heterocycles. The fourth-order valence-electron chi connectivity index (χ4n) is 3.18. The SMILES string of the molecule is Cc1ccc(CCC(=O)NCCOC(=O)CCCc2nc3ccccc3c(=O)[nH]2)cc1. The number of ether oxygens (including phenoxy) is 1. The molecule has 0 atom stereocenters. The zero-order valence-electron chi connectivity index (χ0n) is 17.6. The fraction of sp³-hybridized carbons (Fsp3) is 0.333. The maximum absolute atomic E-state index is 12.0. The zero-order chi connectivity index (χ0) is 22.1. The highest BCUT2D eigenvalue weighted by Crippen LogP contribution is 2.08. The van der Waals surface area contributed by atoms with Crippen LogP contribution in [0.25, 0.3) is 10.9 Å². The molecule has 0 saturated carbocycles. The van der Waals surface area contributed by atoms with E-state index in [4.69, 9.17) is 4.74 Å². The molecule has 1 aromatic heterocycles. The first-order chi connectivity index (χ1) is 15.0. The Labute approximate surface area is 180 Å². The Kier molecular flexibility index (Phi) is 7.92. The lowest BCUT2D eigenvalue weighted by atomic mass is 10.1. The van der Waals surface area contributed by atoms with Crippen molar-refractivity contribution in [3.8, 4) is 0 Å². The molecule has 0 unspecified atom stereocenters. The van der Waals surface area contributed by atoms with Crippen LogP contribution in [0.4, 0.5) is 0 Å². The molecule has 1 amide bonds. The number of carbonyl (C=O) groups excluding carboxylic acids is 2. The van der Waals surface area contributed by atoms with Crippen LogP contribution in [0.2, 0.25) is 0 Å². The summed E-state index contributed by atoms with van der Waals surface area (Å²) in [7, 11) is 0. The highest BCUT2D eigenvalue weighted by Gasteiger charge is 2.07. The van der Waals surface area contributed by atoms with E-state index in [0.717, 1.165) is 5.56 Å². The summed E-state index contributed by atoms with van der Waals surface area (Å²) in [6, 6.07) is 15.2. The second-order valence-corrected chi connectivity index (χ2v) is 7.44. The molecule has 0 fully saturated rings. The highest BCUT2D eigenvalue weighted by molar-refractivity contribution is 5.77. The second-order valence-electron chi connectivity index (χ2n) is 7.44. The molecule has 162 valence electrons. The van der Waals surface area contributed by atoms with Crippen molar-refractivity contribution in [3.05, 3.63) is 75.8 Å². The summed E-state index contributed by atoms with van der Waals surface area (Å²) >= 11 is 0. The Hall–Kier alpha value is -3.48. The number of aryl methyl sites for hydroxylation is 3. The summed E-state index contributed by atoms with van der Waals surface area (Å²) in [5.74, 6) is 0.150. The maximum atomic E-state index is 12.0. The van der Waals surface area contributed by atoms with Crippen LogP contribution in [-0.2, 0) is 27.2 Å². The fourth-order valence-corrected chi connectivity index (χ4v) is 3.18.